The lowest BCUT2D eigenvalue weighted by molar-refractivity contribution is 0.282. The number of aliphatic hydroxyl groups excluding tert-OH is 1. The van der Waals surface area contributed by atoms with Gasteiger partial charge in [-0.05, 0) is 6.07 Å². The van der Waals surface area contributed by atoms with Crippen LogP contribution in [0.5, 0.6) is 0 Å². The van der Waals surface area contributed by atoms with Crippen LogP contribution in [0.3, 0.4) is 0 Å². The summed E-state index contributed by atoms with van der Waals surface area (Å²) in [5.74, 6) is 0.636. The molecule has 0 unspecified atom stereocenters. The highest BCUT2D eigenvalue weighted by Crippen LogP contribution is 2.11. The predicted octanol–water partition coefficient (Wildman–Crippen LogP) is 1.41. The number of nitrogens with zero attached hydrogens (tertiary/aromatic N) is 3. The lowest BCUT2D eigenvalue weighted by atomic mass is 10.4. The molecule has 1 N–H and O–H groups in total. The van der Waals surface area contributed by atoms with Crippen molar-refractivity contribution in [1.82, 2.24) is 14.8 Å². The monoisotopic (exact) mass is 209 g/mol. The lowest BCUT2D eigenvalue weighted by Gasteiger charge is -1.98. The summed E-state index contributed by atoms with van der Waals surface area (Å²) in [7, 11) is 0. The van der Waals surface area contributed by atoms with Crippen LogP contribution >= 0.6 is 11.6 Å². The molecule has 0 bridgehead atoms. The molecule has 0 aliphatic rings. The van der Waals surface area contributed by atoms with Crippen LogP contribution in [-0.2, 0) is 6.61 Å². The standard InChI is InChI=1S/C9H8ClN3O/c10-8-1-2-11-9(3-8)13-5-7(6-14)4-12-13/h1-5,14H,6H2. The van der Waals surface area contributed by atoms with Crippen molar-refractivity contribution in [2.45, 2.75) is 6.61 Å². The van der Waals surface area contributed by atoms with Crippen molar-refractivity contribution in [3.63, 3.8) is 0 Å². The molecule has 2 aromatic heterocycles. The summed E-state index contributed by atoms with van der Waals surface area (Å²) in [5, 5.41) is 13.5. The number of pyridine rings is 1. The van der Waals surface area contributed by atoms with Crippen LogP contribution in [-0.4, -0.2) is 19.9 Å². The van der Waals surface area contributed by atoms with Crippen LogP contribution in [0.15, 0.2) is 30.7 Å². The highest BCUT2D eigenvalue weighted by molar-refractivity contribution is 6.30. The molecule has 0 radical (unpaired) electrons. The van der Waals surface area contributed by atoms with Gasteiger partial charge < -0.3 is 5.11 Å². The third kappa shape index (κ3) is 1.76. The average molecular weight is 210 g/mol. The van der Waals surface area contributed by atoms with E-state index in [-0.39, 0.29) is 6.61 Å². The molecular formula is C9H8ClN3O. The molecule has 0 atom stereocenters. The maximum Gasteiger partial charge on any atom is 0.154 e. The molecule has 0 saturated carbocycles. The second kappa shape index (κ2) is 3.77. The van der Waals surface area contributed by atoms with E-state index < -0.39 is 0 Å². The molecule has 0 spiro atoms. The summed E-state index contributed by atoms with van der Waals surface area (Å²) in [4.78, 5) is 4.09. The molecule has 14 heavy (non-hydrogen) atoms. The van der Waals surface area contributed by atoms with Crippen molar-refractivity contribution in [3.05, 3.63) is 41.3 Å². The lowest BCUT2D eigenvalue weighted by Crippen LogP contribution is -1.96. The van der Waals surface area contributed by atoms with E-state index in [1.54, 1.807) is 35.4 Å². The van der Waals surface area contributed by atoms with E-state index in [1.807, 2.05) is 0 Å². The van der Waals surface area contributed by atoms with Gasteiger partial charge in [0.1, 0.15) is 0 Å². The first kappa shape index (κ1) is 9.18. The van der Waals surface area contributed by atoms with Gasteiger partial charge in [-0.1, -0.05) is 11.6 Å². The predicted molar refractivity (Wildman–Crippen MR) is 52.3 cm³/mol. The number of hydrogen-bond acceptors (Lipinski definition) is 3. The SMILES string of the molecule is OCc1cnn(-c2cc(Cl)ccn2)c1. The number of halogens is 1. The van der Waals surface area contributed by atoms with E-state index in [0.29, 0.717) is 10.8 Å². The number of hydrogen-bond donors (Lipinski definition) is 1. The Kier molecular flexibility index (Phi) is 2.47. The third-order valence-electron chi connectivity index (χ3n) is 1.76. The van der Waals surface area contributed by atoms with Crippen LogP contribution in [0.1, 0.15) is 5.56 Å². The van der Waals surface area contributed by atoms with E-state index in [1.165, 1.54) is 0 Å². The molecule has 0 aliphatic carbocycles. The van der Waals surface area contributed by atoms with E-state index in [0.717, 1.165) is 5.56 Å². The maximum absolute atomic E-state index is 8.85. The van der Waals surface area contributed by atoms with Gasteiger partial charge in [0.05, 0.1) is 12.8 Å². The van der Waals surface area contributed by atoms with E-state index in [2.05, 4.69) is 10.1 Å². The topological polar surface area (TPSA) is 50.9 Å². The Morgan fingerprint density at radius 3 is 3.00 bits per heavy atom. The van der Waals surface area contributed by atoms with Gasteiger partial charge in [0, 0.05) is 29.0 Å². The van der Waals surface area contributed by atoms with Crippen molar-refractivity contribution < 1.29 is 5.11 Å². The Morgan fingerprint density at radius 1 is 1.50 bits per heavy atom. The third-order valence-corrected chi connectivity index (χ3v) is 2.00. The Hall–Kier alpha value is -1.39. The second-order valence-electron chi connectivity index (χ2n) is 2.78. The van der Waals surface area contributed by atoms with E-state index >= 15 is 0 Å². The normalized spacial score (nSPS) is 10.4. The van der Waals surface area contributed by atoms with Crippen LogP contribution in [0.25, 0.3) is 5.82 Å². The first-order chi connectivity index (χ1) is 6.79. The first-order valence-electron chi connectivity index (χ1n) is 4.06. The van der Waals surface area contributed by atoms with Gasteiger partial charge in [0.25, 0.3) is 0 Å². The average Bonchev–Trinajstić information content (AvgIpc) is 2.66. The van der Waals surface area contributed by atoms with Crippen LogP contribution in [0.2, 0.25) is 5.02 Å². The fraction of sp³-hybridized carbons (Fsp3) is 0.111. The van der Waals surface area contributed by atoms with Crippen LogP contribution in [0.4, 0.5) is 0 Å². The fourth-order valence-corrected chi connectivity index (χ4v) is 1.24. The largest absolute Gasteiger partial charge is 0.392 e. The molecule has 2 rings (SSSR count). The molecule has 4 nitrogen and oxygen atoms in total. The summed E-state index contributed by atoms with van der Waals surface area (Å²) < 4.78 is 1.57. The molecule has 0 fully saturated rings. The molecule has 0 saturated heterocycles. The van der Waals surface area contributed by atoms with E-state index in [4.69, 9.17) is 16.7 Å². The van der Waals surface area contributed by atoms with Crippen molar-refractivity contribution in [3.8, 4) is 5.82 Å². The molecule has 0 amide bonds. The van der Waals surface area contributed by atoms with Gasteiger partial charge in [0.15, 0.2) is 5.82 Å². The molecule has 2 heterocycles. The van der Waals surface area contributed by atoms with Gasteiger partial charge in [-0.15, -0.1) is 0 Å². The van der Waals surface area contributed by atoms with Crippen molar-refractivity contribution in [1.29, 1.82) is 0 Å². The number of rotatable bonds is 2. The second-order valence-corrected chi connectivity index (χ2v) is 3.22. The summed E-state index contributed by atoms with van der Waals surface area (Å²) >= 11 is 5.80. The van der Waals surface area contributed by atoms with Crippen molar-refractivity contribution in [2.75, 3.05) is 0 Å². The van der Waals surface area contributed by atoms with Gasteiger partial charge in [-0.2, -0.15) is 5.10 Å². The molecule has 72 valence electrons. The summed E-state index contributed by atoms with van der Waals surface area (Å²) in [6.07, 6.45) is 4.90. The Labute approximate surface area is 85.8 Å². The molecule has 2 aromatic rings. The number of aliphatic hydroxyl groups is 1. The zero-order chi connectivity index (χ0) is 9.97. The maximum atomic E-state index is 8.85. The minimum absolute atomic E-state index is 0.0272. The van der Waals surface area contributed by atoms with E-state index in [9.17, 15) is 0 Å². The zero-order valence-electron chi connectivity index (χ0n) is 7.26. The van der Waals surface area contributed by atoms with Crippen LogP contribution < -0.4 is 0 Å². The quantitative estimate of drug-likeness (QED) is 0.814. The smallest absolute Gasteiger partial charge is 0.154 e. The number of aromatic nitrogens is 3. The first-order valence-corrected chi connectivity index (χ1v) is 4.44. The van der Waals surface area contributed by atoms with Gasteiger partial charge >= 0.3 is 0 Å². The summed E-state index contributed by atoms with van der Waals surface area (Å²) in [5.41, 5.74) is 0.742. The highest BCUT2D eigenvalue weighted by Gasteiger charge is 2.01. The minimum atomic E-state index is -0.0272. The molecular weight excluding hydrogens is 202 g/mol. The molecule has 5 heteroatoms. The van der Waals surface area contributed by atoms with Gasteiger partial charge in [0.2, 0.25) is 0 Å². The van der Waals surface area contributed by atoms with Gasteiger partial charge in [-0.3, -0.25) is 0 Å². The Bertz CT molecular complexity index is 441. The Balaban J connectivity index is 2.39. The fourth-order valence-electron chi connectivity index (χ4n) is 1.09. The van der Waals surface area contributed by atoms with Gasteiger partial charge in [-0.25, -0.2) is 9.67 Å². The van der Waals surface area contributed by atoms with Crippen molar-refractivity contribution >= 4 is 11.6 Å². The highest BCUT2D eigenvalue weighted by atomic mass is 35.5. The summed E-state index contributed by atoms with van der Waals surface area (Å²) in [6, 6.07) is 3.40. The van der Waals surface area contributed by atoms with Crippen molar-refractivity contribution in [2.24, 2.45) is 0 Å². The minimum Gasteiger partial charge on any atom is -0.392 e. The Morgan fingerprint density at radius 2 is 2.36 bits per heavy atom. The zero-order valence-corrected chi connectivity index (χ0v) is 8.02. The summed E-state index contributed by atoms with van der Waals surface area (Å²) in [6.45, 7) is -0.0272. The van der Waals surface area contributed by atoms with Crippen LogP contribution in [0, 0.1) is 0 Å². The molecule has 0 aromatic carbocycles. The molecule has 0 aliphatic heterocycles.